The monoisotopic (exact) mass is 228 g/mol. The van der Waals surface area contributed by atoms with Crippen molar-refractivity contribution >= 4 is 16.9 Å². The Morgan fingerprint density at radius 2 is 2.40 bits per heavy atom. The quantitative estimate of drug-likeness (QED) is 0.785. The van der Waals surface area contributed by atoms with E-state index in [1.807, 2.05) is 11.8 Å². The predicted octanol–water partition coefficient (Wildman–Crippen LogP) is 2.03. The Hall–Kier alpha value is -0.220. The summed E-state index contributed by atoms with van der Waals surface area (Å²) in [6, 6.07) is 0.581. The van der Waals surface area contributed by atoms with Crippen LogP contribution in [-0.2, 0) is 4.74 Å². The summed E-state index contributed by atoms with van der Waals surface area (Å²) in [5.74, 6) is 1.19. The molecule has 0 amide bonds. The lowest BCUT2D eigenvalue weighted by Gasteiger charge is -2.24. The van der Waals surface area contributed by atoms with Crippen LogP contribution in [0.3, 0.4) is 0 Å². The first-order valence-electron chi connectivity index (χ1n) is 5.90. The first-order valence-corrected chi connectivity index (χ1v) is 6.88. The number of amidine groups is 1. The maximum Gasteiger partial charge on any atom is 0.156 e. The number of nitrogens with one attached hydrogen (secondary N) is 1. The lowest BCUT2D eigenvalue weighted by molar-refractivity contribution is 0.0225. The minimum atomic E-state index is 0.367. The van der Waals surface area contributed by atoms with Gasteiger partial charge in [-0.25, -0.2) is 0 Å². The third kappa shape index (κ3) is 3.68. The summed E-state index contributed by atoms with van der Waals surface area (Å²) in [7, 11) is 0. The van der Waals surface area contributed by atoms with Crippen LogP contribution < -0.4 is 5.32 Å². The van der Waals surface area contributed by atoms with Crippen LogP contribution in [0.5, 0.6) is 0 Å². The Labute approximate surface area is 96.1 Å². The van der Waals surface area contributed by atoms with Crippen LogP contribution in [0.4, 0.5) is 0 Å². The van der Waals surface area contributed by atoms with Gasteiger partial charge in [0.05, 0.1) is 12.6 Å². The van der Waals surface area contributed by atoms with Gasteiger partial charge in [0.2, 0.25) is 0 Å². The molecule has 86 valence electrons. The van der Waals surface area contributed by atoms with Crippen molar-refractivity contribution in [2.45, 2.75) is 44.8 Å². The summed E-state index contributed by atoms with van der Waals surface area (Å²) < 4.78 is 5.65. The molecule has 2 aliphatic heterocycles. The molecule has 2 saturated heterocycles. The lowest BCUT2D eigenvalue weighted by atomic mass is 10.1. The Kier molecular flexibility index (Phi) is 4.32. The normalized spacial score (nSPS) is 35.1. The lowest BCUT2D eigenvalue weighted by Crippen LogP contribution is -2.36. The van der Waals surface area contributed by atoms with Crippen molar-refractivity contribution in [3.63, 3.8) is 0 Å². The molecule has 0 saturated carbocycles. The highest BCUT2D eigenvalue weighted by Crippen LogP contribution is 2.16. The van der Waals surface area contributed by atoms with Gasteiger partial charge < -0.3 is 10.1 Å². The number of thioether (sulfide) groups is 1. The average Bonchev–Trinajstić information content (AvgIpc) is 2.28. The number of rotatable bonds is 2. The molecule has 2 atom stereocenters. The zero-order chi connectivity index (χ0) is 10.5. The van der Waals surface area contributed by atoms with Gasteiger partial charge in [-0.15, -0.1) is 0 Å². The van der Waals surface area contributed by atoms with Crippen LogP contribution in [0.1, 0.15) is 32.6 Å². The fourth-order valence-corrected chi connectivity index (χ4v) is 3.00. The second kappa shape index (κ2) is 5.75. The highest BCUT2D eigenvalue weighted by atomic mass is 32.2. The molecule has 0 aliphatic carbocycles. The molecule has 0 radical (unpaired) electrons. The first-order chi connectivity index (χ1) is 7.34. The summed E-state index contributed by atoms with van der Waals surface area (Å²) in [5, 5.41) is 4.53. The molecule has 2 unspecified atom stereocenters. The van der Waals surface area contributed by atoms with E-state index in [4.69, 9.17) is 4.74 Å². The molecule has 2 fully saturated rings. The summed E-state index contributed by atoms with van der Waals surface area (Å²) in [5.41, 5.74) is 0. The molecule has 4 heteroatoms. The van der Waals surface area contributed by atoms with Gasteiger partial charge in [0.15, 0.2) is 5.17 Å². The zero-order valence-electron chi connectivity index (χ0n) is 9.37. The fourth-order valence-electron chi connectivity index (χ4n) is 1.88. The highest BCUT2D eigenvalue weighted by Gasteiger charge is 2.16. The van der Waals surface area contributed by atoms with E-state index in [0.717, 1.165) is 18.3 Å². The molecule has 0 aromatic rings. The third-order valence-corrected chi connectivity index (χ3v) is 3.83. The van der Waals surface area contributed by atoms with Gasteiger partial charge >= 0.3 is 0 Å². The van der Waals surface area contributed by atoms with Gasteiger partial charge in [-0.3, -0.25) is 4.99 Å². The molecule has 0 aromatic heterocycles. The molecule has 2 aliphatic rings. The molecular formula is C11H20N2OS. The van der Waals surface area contributed by atoms with Gasteiger partial charge in [-0.2, -0.15) is 0 Å². The molecule has 2 rings (SSSR count). The highest BCUT2D eigenvalue weighted by molar-refractivity contribution is 8.13. The van der Waals surface area contributed by atoms with Crippen molar-refractivity contribution < 1.29 is 4.74 Å². The SMILES string of the molecule is CC1CCSC(=NCC2CCCCO2)N1. The van der Waals surface area contributed by atoms with E-state index in [9.17, 15) is 0 Å². The van der Waals surface area contributed by atoms with Crippen molar-refractivity contribution in [3.05, 3.63) is 0 Å². The van der Waals surface area contributed by atoms with Gasteiger partial charge in [0, 0.05) is 18.4 Å². The maximum atomic E-state index is 5.65. The second-order valence-electron chi connectivity index (χ2n) is 4.32. The number of nitrogens with zero attached hydrogens (tertiary/aromatic N) is 1. The molecule has 3 nitrogen and oxygen atoms in total. The molecule has 1 N–H and O–H groups in total. The Morgan fingerprint density at radius 3 is 3.13 bits per heavy atom. The molecule has 15 heavy (non-hydrogen) atoms. The minimum Gasteiger partial charge on any atom is -0.376 e. The van der Waals surface area contributed by atoms with Crippen molar-refractivity contribution in [3.8, 4) is 0 Å². The Bertz CT molecular complexity index is 227. The van der Waals surface area contributed by atoms with Crippen molar-refractivity contribution in [1.29, 1.82) is 0 Å². The number of ether oxygens (including phenoxy) is 1. The average molecular weight is 228 g/mol. The fraction of sp³-hybridized carbons (Fsp3) is 0.909. The number of aliphatic imine (C=N–C) groups is 1. The van der Waals surface area contributed by atoms with Gasteiger partial charge in [0.25, 0.3) is 0 Å². The van der Waals surface area contributed by atoms with Gasteiger partial charge in [-0.05, 0) is 32.6 Å². The molecule has 0 spiro atoms. The van der Waals surface area contributed by atoms with E-state index in [2.05, 4.69) is 17.2 Å². The van der Waals surface area contributed by atoms with Gasteiger partial charge in [-0.1, -0.05) is 11.8 Å². The zero-order valence-corrected chi connectivity index (χ0v) is 10.2. The topological polar surface area (TPSA) is 33.6 Å². The predicted molar refractivity (Wildman–Crippen MR) is 65.6 cm³/mol. The summed E-state index contributed by atoms with van der Waals surface area (Å²) in [6.45, 7) is 3.97. The summed E-state index contributed by atoms with van der Waals surface area (Å²) in [6.07, 6.45) is 5.30. The minimum absolute atomic E-state index is 0.367. The van der Waals surface area contributed by atoms with Crippen LogP contribution in [0.25, 0.3) is 0 Å². The smallest absolute Gasteiger partial charge is 0.156 e. The first kappa shape index (κ1) is 11.3. The second-order valence-corrected chi connectivity index (χ2v) is 5.40. The number of hydrogen-bond acceptors (Lipinski definition) is 3. The standard InChI is InChI=1S/C11H20N2OS/c1-9-5-7-15-11(13-9)12-8-10-4-2-3-6-14-10/h9-10H,2-8H2,1H3,(H,12,13). The van der Waals surface area contributed by atoms with E-state index in [-0.39, 0.29) is 0 Å². The van der Waals surface area contributed by atoms with Crippen LogP contribution in [0.2, 0.25) is 0 Å². The van der Waals surface area contributed by atoms with Crippen LogP contribution >= 0.6 is 11.8 Å². The third-order valence-electron chi connectivity index (χ3n) is 2.87. The van der Waals surface area contributed by atoms with Crippen molar-refractivity contribution in [1.82, 2.24) is 5.32 Å². The molecule has 0 aromatic carbocycles. The van der Waals surface area contributed by atoms with Crippen LogP contribution in [-0.4, -0.2) is 36.2 Å². The Morgan fingerprint density at radius 1 is 1.47 bits per heavy atom. The van der Waals surface area contributed by atoms with E-state index < -0.39 is 0 Å². The summed E-state index contributed by atoms with van der Waals surface area (Å²) >= 11 is 1.84. The Balaban J connectivity index is 1.76. The van der Waals surface area contributed by atoms with E-state index in [1.165, 1.54) is 31.4 Å². The van der Waals surface area contributed by atoms with Crippen molar-refractivity contribution in [2.24, 2.45) is 4.99 Å². The van der Waals surface area contributed by atoms with Crippen LogP contribution in [0, 0.1) is 0 Å². The van der Waals surface area contributed by atoms with Gasteiger partial charge in [0.1, 0.15) is 0 Å². The molecule has 0 bridgehead atoms. The molecular weight excluding hydrogens is 208 g/mol. The molecule has 2 heterocycles. The van der Waals surface area contributed by atoms with E-state index in [0.29, 0.717) is 12.1 Å². The summed E-state index contributed by atoms with van der Waals surface area (Å²) in [4.78, 5) is 4.60. The van der Waals surface area contributed by atoms with Crippen LogP contribution in [0.15, 0.2) is 4.99 Å². The van der Waals surface area contributed by atoms with E-state index >= 15 is 0 Å². The maximum absolute atomic E-state index is 5.65. The number of hydrogen-bond donors (Lipinski definition) is 1. The van der Waals surface area contributed by atoms with Crippen molar-refractivity contribution in [2.75, 3.05) is 18.9 Å². The largest absolute Gasteiger partial charge is 0.376 e. The van der Waals surface area contributed by atoms with E-state index in [1.54, 1.807) is 0 Å².